The molecule has 30 heavy (non-hydrogen) atoms. The van der Waals surface area contributed by atoms with Crippen molar-refractivity contribution in [2.45, 2.75) is 32.0 Å². The molecule has 3 aliphatic heterocycles. The first kappa shape index (κ1) is 19.7. The van der Waals surface area contributed by atoms with E-state index in [0.29, 0.717) is 25.0 Å². The van der Waals surface area contributed by atoms with Gasteiger partial charge in [-0.15, -0.1) is 0 Å². The quantitative estimate of drug-likeness (QED) is 0.733. The van der Waals surface area contributed by atoms with Gasteiger partial charge >= 0.3 is 0 Å². The molecule has 0 N–H and O–H groups in total. The van der Waals surface area contributed by atoms with Crippen molar-refractivity contribution in [2.75, 3.05) is 51.4 Å². The van der Waals surface area contributed by atoms with Crippen LogP contribution >= 0.6 is 0 Å². The Kier molecular flexibility index (Phi) is 5.54. The van der Waals surface area contributed by atoms with E-state index in [2.05, 4.69) is 25.8 Å². The number of nitrogens with zero attached hydrogens (tertiary/aromatic N) is 5. The SMILES string of the molecule is COCc1cc(N2C[C@@H]3C[C@H](C2)c2ccc(CN4CCOCC4)c(=O)n2C3)ncn1. The highest BCUT2D eigenvalue weighted by Gasteiger charge is 2.35. The molecule has 0 unspecified atom stereocenters. The van der Waals surface area contributed by atoms with Crippen molar-refractivity contribution in [3.63, 3.8) is 0 Å². The van der Waals surface area contributed by atoms with E-state index in [1.54, 1.807) is 13.4 Å². The van der Waals surface area contributed by atoms with Gasteiger partial charge in [-0.2, -0.15) is 0 Å². The maximum absolute atomic E-state index is 13.2. The van der Waals surface area contributed by atoms with Crippen LogP contribution in [0, 0.1) is 5.92 Å². The molecule has 2 aromatic heterocycles. The predicted molar refractivity (Wildman–Crippen MR) is 113 cm³/mol. The number of rotatable bonds is 5. The van der Waals surface area contributed by atoms with Gasteiger partial charge in [-0.25, -0.2) is 9.97 Å². The second-order valence-electron chi connectivity index (χ2n) is 8.59. The highest BCUT2D eigenvalue weighted by atomic mass is 16.5. The van der Waals surface area contributed by atoms with Crippen LogP contribution in [0.1, 0.15) is 29.3 Å². The average Bonchev–Trinajstić information content (AvgIpc) is 2.77. The topological polar surface area (TPSA) is 72.7 Å². The Hall–Kier alpha value is -2.29. The van der Waals surface area contributed by atoms with Crippen molar-refractivity contribution in [3.8, 4) is 0 Å². The minimum atomic E-state index is 0.187. The van der Waals surface area contributed by atoms with Crippen LogP contribution in [-0.2, 0) is 29.2 Å². The fourth-order valence-electron chi connectivity index (χ4n) is 5.08. The molecule has 2 aromatic rings. The number of hydrogen-bond donors (Lipinski definition) is 0. The first-order valence-electron chi connectivity index (χ1n) is 10.8. The lowest BCUT2D eigenvalue weighted by Gasteiger charge is -2.43. The first-order chi connectivity index (χ1) is 14.7. The van der Waals surface area contributed by atoms with Gasteiger partial charge in [0.25, 0.3) is 5.56 Å². The summed E-state index contributed by atoms with van der Waals surface area (Å²) in [4.78, 5) is 26.7. The number of anilines is 1. The zero-order valence-electron chi connectivity index (χ0n) is 17.5. The monoisotopic (exact) mass is 411 g/mol. The first-order valence-corrected chi connectivity index (χ1v) is 10.8. The molecule has 2 saturated heterocycles. The number of piperidine rings is 1. The number of hydrogen-bond acceptors (Lipinski definition) is 7. The Morgan fingerprint density at radius 3 is 2.87 bits per heavy atom. The molecule has 0 spiro atoms. The van der Waals surface area contributed by atoms with E-state index < -0.39 is 0 Å². The number of aromatic nitrogens is 3. The Morgan fingerprint density at radius 1 is 1.17 bits per heavy atom. The van der Waals surface area contributed by atoms with Gasteiger partial charge in [-0.3, -0.25) is 9.69 Å². The third kappa shape index (κ3) is 3.87. The molecular formula is C22H29N5O3. The molecule has 8 heteroatoms. The van der Waals surface area contributed by atoms with E-state index in [1.807, 2.05) is 16.7 Å². The normalized spacial score (nSPS) is 24.0. The van der Waals surface area contributed by atoms with Crippen LogP contribution in [0.15, 0.2) is 29.3 Å². The van der Waals surface area contributed by atoms with Crippen LogP contribution in [-0.4, -0.2) is 65.9 Å². The van der Waals surface area contributed by atoms with Gasteiger partial charge in [-0.05, 0) is 18.4 Å². The van der Waals surface area contributed by atoms with E-state index in [1.165, 1.54) is 0 Å². The molecule has 2 bridgehead atoms. The van der Waals surface area contributed by atoms with Crippen molar-refractivity contribution < 1.29 is 9.47 Å². The summed E-state index contributed by atoms with van der Waals surface area (Å²) >= 11 is 0. The molecule has 3 aliphatic rings. The third-order valence-electron chi connectivity index (χ3n) is 6.51. The smallest absolute Gasteiger partial charge is 0.255 e. The van der Waals surface area contributed by atoms with Gasteiger partial charge < -0.3 is 18.9 Å². The second kappa shape index (κ2) is 8.45. The maximum Gasteiger partial charge on any atom is 0.255 e. The number of ether oxygens (including phenoxy) is 2. The standard InChI is InChI=1S/C22H29N5O3/c1-29-14-19-9-21(24-15-23-19)26-10-16-8-18(13-26)20-3-2-17(22(28)27(20)11-16)12-25-4-6-30-7-5-25/h2-3,9,15-16,18H,4-8,10-14H2,1H3/t16-,18+/m0/s1. The van der Waals surface area contributed by atoms with Crippen molar-refractivity contribution in [2.24, 2.45) is 5.92 Å². The Bertz CT molecular complexity index is 956. The maximum atomic E-state index is 13.2. The summed E-state index contributed by atoms with van der Waals surface area (Å²) in [7, 11) is 1.68. The molecule has 0 saturated carbocycles. The highest BCUT2D eigenvalue weighted by molar-refractivity contribution is 5.41. The van der Waals surface area contributed by atoms with Gasteiger partial charge in [0.1, 0.15) is 12.1 Å². The summed E-state index contributed by atoms with van der Waals surface area (Å²) in [5, 5.41) is 0. The summed E-state index contributed by atoms with van der Waals surface area (Å²) in [5.74, 6) is 1.75. The fourth-order valence-corrected chi connectivity index (χ4v) is 5.08. The lowest BCUT2D eigenvalue weighted by molar-refractivity contribution is 0.0339. The molecule has 5 rings (SSSR count). The Morgan fingerprint density at radius 2 is 2.03 bits per heavy atom. The fraction of sp³-hybridized carbons (Fsp3) is 0.591. The summed E-state index contributed by atoms with van der Waals surface area (Å²) < 4.78 is 12.7. The molecular weight excluding hydrogens is 382 g/mol. The third-order valence-corrected chi connectivity index (χ3v) is 6.51. The van der Waals surface area contributed by atoms with Crippen LogP contribution < -0.4 is 10.5 Å². The molecule has 2 atom stereocenters. The highest BCUT2D eigenvalue weighted by Crippen LogP contribution is 2.36. The molecule has 160 valence electrons. The minimum absolute atomic E-state index is 0.187. The molecule has 0 aliphatic carbocycles. The van der Waals surface area contributed by atoms with E-state index >= 15 is 0 Å². The van der Waals surface area contributed by atoms with Gasteiger partial charge in [0.15, 0.2) is 0 Å². The van der Waals surface area contributed by atoms with Crippen molar-refractivity contribution in [3.05, 3.63) is 51.8 Å². The number of morpholine rings is 1. The van der Waals surface area contributed by atoms with Crippen LogP contribution in [0.3, 0.4) is 0 Å². The molecule has 5 heterocycles. The Labute approximate surface area is 176 Å². The largest absolute Gasteiger partial charge is 0.379 e. The number of methoxy groups -OCH3 is 1. The molecule has 0 radical (unpaired) electrons. The van der Waals surface area contributed by atoms with Crippen LogP contribution in [0.2, 0.25) is 0 Å². The van der Waals surface area contributed by atoms with E-state index in [0.717, 1.165) is 75.1 Å². The molecule has 0 amide bonds. The second-order valence-corrected chi connectivity index (χ2v) is 8.59. The van der Waals surface area contributed by atoms with E-state index in [4.69, 9.17) is 9.47 Å². The average molecular weight is 412 g/mol. The molecule has 2 fully saturated rings. The van der Waals surface area contributed by atoms with Crippen molar-refractivity contribution >= 4 is 5.82 Å². The summed E-state index contributed by atoms with van der Waals surface area (Å²) in [6.45, 7) is 7.07. The van der Waals surface area contributed by atoms with Gasteiger partial charge in [0.2, 0.25) is 0 Å². The van der Waals surface area contributed by atoms with Gasteiger partial charge in [-0.1, -0.05) is 6.07 Å². The zero-order chi connectivity index (χ0) is 20.5. The van der Waals surface area contributed by atoms with Gasteiger partial charge in [0, 0.05) is 69.6 Å². The number of pyridine rings is 1. The number of fused-ring (bicyclic) bond motifs is 4. The molecule has 0 aromatic carbocycles. The van der Waals surface area contributed by atoms with E-state index in [-0.39, 0.29) is 5.56 Å². The van der Waals surface area contributed by atoms with E-state index in [9.17, 15) is 4.79 Å². The summed E-state index contributed by atoms with van der Waals surface area (Å²) in [6, 6.07) is 6.24. The van der Waals surface area contributed by atoms with Crippen LogP contribution in [0.4, 0.5) is 5.82 Å². The minimum Gasteiger partial charge on any atom is -0.379 e. The van der Waals surface area contributed by atoms with Gasteiger partial charge in [0.05, 0.1) is 25.5 Å². The van der Waals surface area contributed by atoms with Crippen molar-refractivity contribution in [1.29, 1.82) is 0 Å². The van der Waals surface area contributed by atoms with Crippen LogP contribution in [0.25, 0.3) is 0 Å². The summed E-state index contributed by atoms with van der Waals surface area (Å²) in [6.07, 6.45) is 2.75. The lowest BCUT2D eigenvalue weighted by Crippen LogP contribution is -2.48. The molecule has 8 nitrogen and oxygen atoms in total. The Balaban J connectivity index is 1.37. The summed E-state index contributed by atoms with van der Waals surface area (Å²) in [5.41, 5.74) is 3.14. The van der Waals surface area contributed by atoms with Crippen molar-refractivity contribution in [1.82, 2.24) is 19.4 Å². The predicted octanol–water partition coefficient (Wildman–Crippen LogP) is 1.24. The lowest BCUT2D eigenvalue weighted by atomic mass is 9.83. The zero-order valence-corrected chi connectivity index (χ0v) is 17.5. The van der Waals surface area contributed by atoms with Crippen LogP contribution in [0.5, 0.6) is 0 Å².